The second-order valence-electron chi connectivity index (χ2n) is 3.67. The molecule has 1 aromatic rings. The first-order chi connectivity index (χ1) is 6.31. The lowest BCUT2D eigenvalue weighted by molar-refractivity contribution is 0.616. The number of hydrogen-bond acceptors (Lipinski definition) is 2. The lowest BCUT2D eigenvalue weighted by Crippen LogP contribution is -2.01. The van der Waals surface area contributed by atoms with Crippen LogP contribution in [0.3, 0.4) is 0 Å². The minimum Gasteiger partial charge on any atom is -0.271 e. The molecule has 0 amide bonds. The summed E-state index contributed by atoms with van der Waals surface area (Å²) in [6.07, 6.45) is 5.14. The molecule has 3 nitrogen and oxygen atoms in total. The lowest BCUT2D eigenvalue weighted by atomic mass is 10.0. The zero-order valence-electron chi connectivity index (χ0n) is 7.82. The Bertz CT molecular complexity index is 340. The molecule has 0 bridgehead atoms. The molecule has 1 aromatic heterocycles. The second kappa shape index (κ2) is 3.21. The minimum atomic E-state index is 0.546. The predicted molar refractivity (Wildman–Crippen MR) is 49.1 cm³/mol. The Labute approximate surface area is 78.0 Å². The third kappa shape index (κ3) is 1.44. The van der Waals surface area contributed by atoms with E-state index < -0.39 is 0 Å². The summed E-state index contributed by atoms with van der Waals surface area (Å²) in [6.45, 7) is 0. The molecule has 0 saturated heterocycles. The molecule has 1 heterocycles. The molecule has 0 aromatic carbocycles. The van der Waals surface area contributed by atoms with Gasteiger partial charge in [0.2, 0.25) is 0 Å². The first-order valence-electron chi connectivity index (χ1n) is 4.75. The fourth-order valence-electron chi connectivity index (χ4n) is 2.14. The minimum absolute atomic E-state index is 0.546. The van der Waals surface area contributed by atoms with Crippen molar-refractivity contribution < 1.29 is 0 Å². The summed E-state index contributed by atoms with van der Waals surface area (Å²) in [6, 6.07) is 4.01. The van der Waals surface area contributed by atoms with Crippen LogP contribution in [0.15, 0.2) is 6.07 Å². The van der Waals surface area contributed by atoms with E-state index in [4.69, 9.17) is 5.26 Å². The third-order valence-electron chi connectivity index (χ3n) is 2.80. The van der Waals surface area contributed by atoms with Gasteiger partial charge in [-0.25, -0.2) is 0 Å². The molecule has 0 radical (unpaired) electrons. The van der Waals surface area contributed by atoms with Gasteiger partial charge in [-0.15, -0.1) is 0 Å². The second-order valence-corrected chi connectivity index (χ2v) is 3.67. The topological polar surface area (TPSA) is 41.6 Å². The van der Waals surface area contributed by atoms with Crippen LogP contribution in [0, 0.1) is 11.3 Å². The highest BCUT2D eigenvalue weighted by Crippen LogP contribution is 2.33. The van der Waals surface area contributed by atoms with Gasteiger partial charge in [0.15, 0.2) is 5.69 Å². The Hall–Kier alpha value is -1.30. The summed E-state index contributed by atoms with van der Waals surface area (Å²) in [4.78, 5) is 0. The molecule has 0 aliphatic heterocycles. The molecule has 1 aliphatic carbocycles. The maximum atomic E-state index is 8.69. The number of aryl methyl sites for hydroxylation is 1. The zero-order valence-corrected chi connectivity index (χ0v) is 7.82. The van der Waals surface area contributed by atoms with Crippen molar-refractivity contribution >= 4 is 0 Å². The van der Waals surface area contributed by atoms with E-state index in [1.165, 1.54) is 31.4 Å². The Morgan fingerprint density at radius 1 is 1.54 bits per heavy atom. The molecule has 0 unspecified atom stereocenters. The molecule has 0 spiro atoms. The molecular weight excluding hydrogens is 162 g/mol. The van der Waals surface area contributed by atoms with Crippen LogP contribution in [0.5, 0.6) is 0 Å². The van der Waals surface area contributed by atoms with Gasteiger partial charge >= 0.3 is 0 Å². The average Bonchev–Trinajstić information content (AvgIpc) is 2.72. The van der Waals surface area contributed by atoms with Gasteiger partial charge in [0.05, 0.1) is 0 Å². The highest BCUT2D eigenvalue weighted by atomic mass is 15.3. The van der Waals surface area contributed by atoms with Gasteiger partial charge in [-0.05, 0) is 18.9 Å². The summed E-state index contributed by atoms with van der Waals surface area (Å²) in [5.74, 6) is 0.639. The predicted octanol–water partition coefficient (Wildman–Crippen LogP) is 1.95. The van der Waals surface area contributed by atoms with Gasteiger partial charge in [-0.2, -0.15) is 10.4 Å². The van der Waals surface area contributed by atoms with E-state index in [0.29, 0.717) is 11.6 Å². The van der Waals surface area contributed by atoms with E-state index in [-0.39, 0.29) is 0 Å². The molecular formula is C10H13N3. The normalized spacial score (nSPS) is 17.5. The van der Waals surface area contributed by atoms with Crippen LogP contribution in [0.1, 0.15) is 43.0 Å². The largest absolute Gasteiger partial charge is 0.271 e. The first kappa shape index (κ1) is 8.31. The molecule has 0 atom stereocenters. The smallest absolute Gasteiger partial charge is 0.162 e. The van der Waals surface area contributed by atoms with E-state index in [0.717, 1.165) is 0 Å². The Morgan fingerprint density at radius 3 is 2.77 bits per heavy atom. The van der Waals surface area contributed by atoms with Crippen molar-refractivity contribution in [3.05, 3.63) is 17.5 Å². The van der Waals surface area contributed by atoms with Crippen LogP contribution in [-0.2, 0) is 7.05 Å². The standard InChI is InChI=1S/C10H13N3/c1-13-10(6-9(7-11)12-13)8-4-2-3-5-8/h6,8H,2-5H2,1H3. The molecule has 3 heteroatoms. The lowest BCUT2D eigenvalue weighted by Gasteiger charge is -2.07. The Morgan fingerprint density at radius 2 is 2.23 bits per heavy atom. The third-order valence-corrected chi connectivity index (χ3v) is 2.80. The maximum absolute atomic E-state index is 8.69. The van der Waals surface area contributed by atoms with Gasteiger partial charge in [0.1, 0.15) is 6.07 Å². The summed E-state index contributed by atoms with van der Waals surface area (Å²) in [5.41, 5.74) is 1.78. The van der Waals surface area contributed by atoms with Crippen LogP contribution in [0.4, 0.5) is 0 Å². The van der Waals surface area contributed by atoms with Crippen LogP contribution in [-0.4, -0.2) is 9.78 Å². The van der Waals surface area contributed by atoms with Gasteiger partial charge in [0.25, 0.3) is 0 Å². The van der Waals surface area contributed by atoms with Crippen molar-refractivity contribution in [1.29, 1.82) is 5.26 Å². The first-order valence-corrected chi connectivity index (χ1v) is 4.75. The quantitative estimate of drug-likeness (QED) is 0.654. The number of rotatable bonds is 1. The molecule has 1 fully saturated rings. The molecule has 0 N–H and O–H groups in total. The van der Waals surface area contributed by atoms with Crippen molar-refractivity contribution in [2.24, 2.45) is 7.05 Å². The van der Waals surface area contributed by atoms with Crippen molar-refractivity contribution in [3.63, 3.8) is 0 Å². The van der Waals surface area contributed by atoms with Gasteiger partial charge in [-0.3, -0.25) is 4.68 Å². The summed E-state index contributed by atoms with van der Waals surface area (Å²) < 4.78 is 1.86. The highest BCUT2D eigenvalue weighted by molar-refractivity contribution is 5.24. The maximum Gasteiger partial charge on any atom is 0.162 e. The number of nitriles is 1. The van der Waals surface area contributed by atoms with E-state index in [9.17, 15) is 0 Å². The van der Waals surface area contributed by atoms with Crippen molar-refractivity contribution in [3.8, 4) is 6.07 Å². The summed E-state index contributed by atoms with van der Waals surface area (Å²) in [5, 5.41) is 12.8. The Kier molecular flexibility index (Phi) is 2.05. The van der Waals surface area contributed by atoms with Crippen molar-refractivity contribution in [1.82, 2.24) is 9.78 Å². The van der Waals surface area contributed by atoms with Crippen LogP contribution in [0.2, 0.25) is 0 Å². The summed E-state index contributed by atoms with van der Waals surface area (Å²) in [7, 11) is 1.93. The van der Waals surface area contributed by atoms with E-state index in [1.807, 2.05) is 17.8 Å². The van der Waals surface area contributed by atoms with Crippen LogP contribution >= 0.6 is 0 Å². The summed E-state index contributed by atoms with van der Waals surface area (Å²) >= 11 is 0. The number of hydrogen-bond donors (Lipinski definition) is 0. The van der Waals surface area contributed by atoms with E-state index in [2.05, 4.69) is 11.2 Å². The fraction of sp³-hybridized carbons (Fsp3) is 0.600. The van der Waals surface area contributed by atoms with E-state index in [1.54, 1.807) is 0 Å². The van der Waals surface area contributed by atoms with E-state index >= 15 is 0 Å². The monoisotopic (exact) mass is 175 g/mol. The Balaban J connectivity index is 2.29. The number of aromatic nitrogens is 2. The average molecular weight is 175 g/mol. The zero-order chi connectivity index (χ0) is 9.26. The number of nitrogens with zero attached hydrogens (tertiary/aromatic N) is 3. The fourth-order valence-corrected chi connectivity index (χ4v) is 2.14. The molecule has 2 rings (SSSR count). The highest BCUT2D eigenvalue weighted by Gasteiger charge is 2.20. The van der Waals surface area contributed by atoms with Crippen LogP contribution in [0.25, 0.3) is 0 Å². The van der Waals surface area contributed by atoms with Gasteiger partial charge < -0.3 is 0 Å². The SMILES string of the molecule is Cn1nc(C#N)cc1C1CCCC1. The molecule has 13 heavy (non-hydrogen) atoms. The van der Waals surface area contributed by atoms with Crippen molar-refractivity contribution in [2.75, 3.05) is 0 Å². The van der Waals surface area contributed by atoms with Gasteiger partial charge in [0, 0.05) is 18.7 Å². The molecule has 1 aliphatic rings. The van der Waals surface area contributed by atoms with Crippen LogP contribution < -0.4 is 0 Å². The molecule has 1 saturated carbocycles. The molecule has 68 valence electrons. The van der Waals surface area contributed by atoms with Gasteiger partial charge in [-0.1, -0.05) is 12.8 Å². The van der Waals surface area contributed by atoms with Crippen molar-refractivity contribution in [2.45, 2.75) is 31.6 Å².